The van der Waals surface area contributed by atoms with Crippen molar-refractivity contribution in [3.05, 3.63) is 58.3 Å². The third-order valence-electron chi connectivity index (χ3n) is 4.64. The van der Waals surface area contributed by atoms with Crippen LogP contribution in [0.2, 0.25) is 0 Å². The maximum atomic E-state index is 13.3. The van der Waals surface area contributed by atoms with E-state index in [4.69, 9.17) is 9.72 Å². The summed E-state index contributed by atoms with van der Waals surface area (Å²) in [6.45, 7) is 3.69. The first kappa shape index (κ1) is 16.5. The predicted octanol–water partition coefficient (Wildman–Crippen LogP) is 4.95. The Kier molecular flexibility index (Phi) is 4.21. The van der Waals surface area contributed by atoms with Crippen molar-refractivity contribution in [3.63, 3.8) is 0 Å². The van der Waals surface area contributed by atoms with Crippen LogP contribution in [0.25, 0.3) is 22.0 Å². The Morgan fingerprint density at radius 3 is 2.56 bits per heavy atom. The Hall–Kier alpha value is -1.98. The number of nitrogens with zero attached hydrogens (tertiary/aromatic N) is 2. The van der Waals surface area contributed by atoms with Crippen LogP contribution in [0.1, 0.15) is 5.56 Å². The van der Waals surface area contributed by atoms with Gasteiger partial charge in [0.15, 0.2) is 0 Å². The van der Waals surface area contributed by atoms with Crippen molar-refractivity contribution in [3.8, 4) is 11.1 Å². The number of halogens is 2. The second-order valence-electron chi connectivity index (χ2n) is 6.44. The van der Waals surface area contributed by atoms with E-state index in [-0.39, 0.29) is 11.9 Å². The Labute approximate surface area is 154 Å². The molecule has 3 nitrogen and oxygen atoms in total. The van der Waals surface area contributed by atoms with Crippen molar-refractivity contribution in [1.82, 2.24) is 4.98 Å². The van der Waals surface area contributed by atoms with Gasteiger partial charge in [-0.05, 0) is 48.4 Å². The number of rotatable bonds is 3. The van der Waals surface area contributed by atoms with Crippen LogP contribution in [0, 0.1) is 12.7 Å². The SMILES string of the molecule is COC1CN(c2nc3cc(C)cc(Br)c3cc2-c2ccc(F)cc2)C1. The summed E-state index contributed by atoms with van der Waals surface area (Å²) in [7, 11) is 1.73. The van der Waals surface area contributed by atoms with Gasteiger partial charge in [-0.25, -0.2) is 9.37 Å². The van der Waals surface area contributed by atoms with Crippen molar-refractivity contribution in [2.45, 2.75) is 13.0 Å². The molecule has 3 aromatic rings. The average molecular weight is 401 g/mol. The fourth-order valence-corrected chi connectivity index (χ4v) is 3.88. The molecule has 1 fully saturated rings. The van der Waals surface area contributed by atoms with Crippen molar-refractivity contribution in [1.29, 1.82) is 0 Å². The van der Waals surface area contributed by atoms with E-state index in [0.29, 0.717) is 0 Å². The Bertz CT molecular complexity index is 937. The molecule has 0 saturated carbocycles. The summed E-state index contributed by atoms with van der Waals surface area (Å²) in [6.07, 6.45) is 0.239. The molecule has 0 amide bonds. The van der Waals surface area contributed by atoms with Crippen molar-refractivity contribution in [2.75, 3.05) is 25.1 Å². The van der Waals surface area contributed by atoms with Gasteiger partial charge in [0.1, 0.15) is 11.6 Å². The highest BCUT2D eigenvalue weighted by Crippen LogP contribution is 2.37. The van der Waals surface area contributed by atoms with Gasteiger partial charge in [-0.1, -0.05) is 28.1 Å². The minimum Gasteiger partial charge on any atom is -0.378 e. The second kappa shape index (κ2) is 6.39. The molecule has 1 aliphatic heterocycles. The van der Waals surface area contributed by atoms with E-state index in [1.165, 1.54) is 12.1 Å². The normalized spacial score (nSPS) is 14.8. The molecule has 5 heteroatoms. The fraction of sp³-hybridized carbons (Fsp3) is 0.250. The smallest absolute Gasteiger partial charge is 0.137 e. The standard InChI is InChI=1S/C20H18BrFN2O/c1-12-7-18(21)17-9-16(13-3-5-14(22)6-4-13)20(23-19(17)8-12)24-10-15(11-24)25-2/h3-9,15H,10-11H2,1-2H3. The predicted molar refractivity (Wildman–Crippen MR) is 103 cm³/mol. The molecule has 25 heavy (non-hydrogen) atoms. The van der Waals surface area contributed by atoms with Crippen molar-refractivity contribution >= 4 is 32.7 Å². The number of anilines is 1. The number of benzene rings is 2. The second-order valence-corrected chi connectivity index (χ2v) is 7.30. The summed E-state index contributed by atoms with van der Waals surface area (Å²) >= 11 is 3.65. The quantitative estimate of drug-likeness (QED) is 0.621. The highest BCUT2D eigenvalue weighted by molar-refractivity contribution is 9.10. The first-order chi connectivity index (χ1) is 12.0. The van der Waals surface area contributed by atoms with Gasteiger partial charge >= 0.3 is 0 Å². The Morgan fingerprint density at radius 2 is 1.88 bits per heavy atom. The Morgan fingerprint density at radius 1 is 1.16 bits per heavy atom. The molecule has 0 spiro atoms. The maximum Gasteiger partial charge on any atom is 0.137 e. The number of hydrogen-bond acceptors (Lipinski definition) is 3. The van der Waals surface area contributed by atoms with Gasteiger partial charge in [0, 0.05) is 35.6 Å². The van der Waals surface area contributed by atoms with Crippen LogP contribution >= 0.6 is 15.9 Å². The molecule has 0 atom stereocenters. The molecule has 0 bridgehead atoms. The molecule has 2 heterocycles. The lowest BCUT2D eigenvalue weighted by Crippen LogP contribution is -2.52. The molecular formula is C20H18BrFN2O. The molecule has 1 saturated heterocycles. The molecule has 0 radical (unpaired) electrons. The highest BCUT2D eigenvalue weighted by Gasteiger charge is 2.30. The van der Waals surface area contributed by atoms with E-state index in [9.17, 15) is 4.39 Å². The topological polar surface area (TPSA) is 25.4 Å². The lowest BCUT2D eigenvalue weighted by atomic mass is 10.0. The summed E-state index contributed by atoms with van der Waals surface area (Å²) in [5.41, 5.74) is 4.07. The highest BCUT2D eigenvalue weighted by atomic mass is 79.9. The van der Waals surface area contributed by atoms with Crippen LogP contribution in [0.3, 0.4) is 0 Å². The van der Waals surface area contributed by atoms with E-state index in [1.807, 2.05) is 0 Å². The van der Waals surface area contributed by atoms with Gasteiger partial charge in [-0.2, -0.15) is 0 Å². The monoisotopic (exact) mass is 400 g/mol. The third kappa shape index (κ3) is 3.02. The van der Waals surface area contributed by atoms with Crippen LogP contribution in [0.4, 0.5) is 10.2 Å². The summed E-state index contributed by atoms with van der Waals surface area (Å²) in [4.78, 5) is 7.14. The number of aryl methyl sites for hydroxylation is 1. The first-order valence-corrected chi connectivity index (χ1v) is 8.99. The molecular weight excluding hydrogens is 383 g/mol. The Balaban J connectivity index is 1.90. The summed E-state index contributed by atoms with van der Waals surface area (Å²) in [5.74, 6) is 0.684. The molecule has 1 aromatic heterocycles. The molecule has 4 rings (SSSR count). The van der Waals surface area contributed by atoms with Crippen molar-refractivity contribution in [2.24, 2.45) is 0 Å². The molecule has 1 aliphatic rings. The van der Waals surface area contributed by atoms with E-state index in [1.54, 1.807) is 19.2 Å². The molecule has 0 N–H and O–H groups in total. The van der Waals surface area contributed by atoms with Crippen LogP contribution in [-0.4, -0.2) is 31.3 Å². The van der Waals surface area contributed by atoms with Gasteiger partial charge in [0.25, 0.3) is 0 Å². The number of methoxy groups -OCH3 is 1. The van der Waals surface area contributed by atoms with Gasteiger partial charge in [0.05, 0.1) is 11.6 Å². The molecule has 128 valence electrons. The minimum atomic E-state index is -0.237. The van der Waals surface area contributed by atoms with E-state index in [2.05, 4.69) is 46.0 Å². The number of ether oxygens (including phenoxy) is 1. The van der Waals surface area contributed by atoms with Crippen LogP contribution < -0.4 is 4.90 Å². The number of aromatic nitrogens is 1. The van der Waals surface area contributed by atoms with Crippen LogP contribution in [0.15, 0.2) is 46.9 Å². The lowest BCUT2D eigenvalue weighted by molar-refractivity contribution is 0.0784. The van der Waals surface area contributed by atoms with Gasteiger partial charge < -0.3 is 9.64 Å². The number of fused-ring (bicyclic) bond motifs is 1. The zero-order valence-electron chi connectivity index (χ0n) is 14.1. The number of hydrogen-bond donors (Lipinski definition) is 0. The summed E-state index contributed by atoms with van der Waals surface area (Å²) in [6, 6.07) is 12.9. The largest absolute Gasteiger partial charge is 0.378 e. The van der Waals surface area contributed by atoms with Crippen LogP contribution in [0.5, 0.6) is 0 Å². The van der Waals surface area contributed by atoms with E-state index >= 15 is 0 Å². The maximum absolute atomic E-state index is 13.3. The van der Waals surface area contributed by atoms with Gasteiger partial charge in [0.2, 0.25) is 0 Å². The van der Waals surface area contributed by atoms with Crippen molar-refractivity contribution < 1.29 is 9.13 Å². The number of pyridine rings is 1. The molecule has 2 aromatic carbocycles. The fourth-order valence-electron chi connectivity index (χ4n) is 3.20. The zero-order valence-corrected chi connectivity index (χ0v) is 15.7. The molecule has 0 unspecified atom stereocenters. The molecule has 0 aliphatic carbocycles. The van der Waals surface area contributed by atoms with E-state index in [0.717, 1.165) is 51.0 Å². The lowest BCUT2D eigenvalue weighted by Gasteiger charge is -2.40. The zero-order chi connectivity index (χ0) is 17.6. The van der Waals surface area contributed by atoms with Gasteiger partial charge in [-0.15, -0.1) is 0 Å². The summed E-state index contributed by atoms with van der Waals surface area (Å²) < 4.78 is 19.8. The summed E-state index contributed by atoms with van der Waals surface area (Å²) in [5, 5.41) is 1.05. The van der Waals surface area contributed by atoms with E-state index < -0.39 is 0 Å². The average Bonchev–Trinajstić information content (AvgIpc) is 2.54. The first-order valence-electron chi connectivity index (χ1n) is 8.20. The third-order valence-corrected chi connectivity index (χ3v) is 5.30. The van der Waals surface area contributed by atoms with Crippen LogP contribution in [-0.2, 0) is 4.74 Å². The minimum absolute atomic E-state index is 0.237. The van der Waals surface area contributed by atoms with Gasteiger partial charge in [-0.3, -0.25) is 0 Å².